The van der Waals surface area contributed by atoms with Gasteiger partial charge in [0, 0.05) is 19.0 Å². The van der Waals surface area contributed by atoms with Gasteiger partial charge in [0.25, 0.3) is 5.91 Å². The fourth-order valence-corrected chi connectivity index (χ4v) is 1.87. The van der Waals surface area contributed by atoms with Crippen LogP contribution < -0.4 is 4.74 Å². The number of hydroxylamine groups is 2. The largest absolute Gasteiger partial charge is 0.497 e. The number of carbonyl (C=O) groups is 1. The van der Waals surface area contributed by atoms with Crippen molar-refractivity contribution < 1.29 is 14.4 Å². The van der Waals surface area contributed by atoms with Gasteiger partial charge in [-0.2, -0.15) is 0 Å². The van der Waals surface area contributed by atoms with Crippen molar-refractivity contribution in [3.05, 3.63) is 34.9 Å². The summed E-state index contributed by atoms with van der Waals surface area (Å²) in [5.74, 6) is 0.702. The maximum Gasteiger partial charge on any atom is 0.273 e. The Morgan fingerprint density at radius 1 is 1.35 bits per heavy atom. The molecule has 17 heavy (non-hydrogen) atoms. The molecule has 1 aliphatic rings. The Hall–Kier alpha value is -1.81. The minimum atomic E-state index is -0.109. The molecule has 90 valence electrons. The monoisotopic (exact) mass is 233 g/mol. The van der Waals surface area contributed by atoms with Gasteiger partial charge in [-0.15, -0.1) is 0 Å². The highest BCUT2D eigenvalue weighted by Gasteiger charge is 2.21. The Balaban J connectivity index is 2.21. The number of likely N-dealkylation sites (N-methyl/N-ethyl adjacent to an activating group) is 1. The van der Waals surface area contributed by atoms with E-state index < -0.39 is 0 Å². The van der Waals surface area contributed by atoms with E-state index in [9.17, 15) is 4.79 Å². The third-order valence-electron chi connectivity index (χ3n) is 2.90. The molecule has 0 saturated carbocycles. The van der Waals surface area contributed by atoms with Crippen LogP contribution in [0.3, 0.4) is 0 Å². The van der Waals surface area contributed by atoms with Crippen LogP contribution in [0.5, 0.6) is 5.75 Å². The Morgan fingerprint density at radius 2 is 2.12 bits per heavy atom. The molecule has 0 spiro atoms. The lowest BCUT2D eigenvalue weighted by atomic mass is 10.1. The molecule has 0 heterocycles. The molecule has 0 aromatic heterocycles. The molecule has 4 heteroatoms. The van der Waals surface area contributed by atoms with E-state index in [0.717, 1.165) is 22.4 Å². The van der Waals surface area contributed by atoms with Crippen LogP contribution in [0.4, 0.5) is 0 Å². The summed E-state index contributed by atoms with van der Waals surface area (Å²) in [7, 11) is 4.71. The number of carbonyl (C=O) groups excluding carboxylic acids is 1. The molecule has 0 aliphatic heterocycles. The van der Waals surface area contributed by atoms with Crippen molar-refractivity contribution >= 4 is 12.0 Å². The molecule has 1 aromatic carbocycles. The van der Waals surface area contributed by atoms with Gasteiger partial charge in [-0.25, -0.2) is 5.06 Å². The summed E-state index contributed by atoms with van der Waals surface area (Å²) in [5.41, 5.74) is 2.91. The molecule has 0 saturated heterocycles. The summed E-state index contributed by atoms with van der Waals surface area (Å²) in [6, 6.07) is 5.81. The lowest BCUT2D eigenvalue weighted by Gasteiger charge is -2.13. The van der Waals surface area contributed by atoms with Crippen LogP contribution >= 0.6 is 0 Å². The number of hydrogen-bond acceptors (Lipinski definition) is 3. The van der Waals surface area contributed by atoms with Crippen molar-refractivity contribution in [3.8, 4) is 5.75 Å². The Kier molecular flexibility index (Phi) is 3.15. The van der Waals surface area contributed by atoms with Gasteiger partial charge in [-0.3, -0.25) is 9.63 Å². The maximum absolute atomic E-state index is 11.9. The Bertz CT molecular complexity index is 480. The Morgan fingerprint density at radius 3 is 2.76 bits per heavy atom. The minimum absolute atomic E-state index is 0.109. The number of amides is 1. The molecular formula is C13H15NO3. The molecule has 1 amide bonds. The van der Waals surface area contributed by atoms with Crippen molar-refractivity contribution in [2.24, 2.45) is 0 Å². The van der Waals surface area contributed by atoms with Crippen molar-refractivity contribution in [1.82, 2.24) is 5.06 Å². The molecule has 0 atom stereocenters. The predicted molar refractivity (Wildman–Crippen MR) is 64.5 cm³/mol. The lowest BCUT2D eigenvalue weighted by molar-refractivity contribution is -0.163. The third kappa shape index (κ3) is 2.17. The van der Waals surface area contributed by atoms with Crippen LogP contribution in [0.15, 0.2) is 23.8 Å². The number of benzene rings is 1. The summed E-state index contributed by atoms with van der Waals surface area (Å²) >= 11 is 0. The zero-order chi connectivity index (χ0) is 12.4. The summed E-state index contributed by atoms with van der Waals surface area (Å²) in [6.07, 6.45) is 2.52. The Labute approximate surface area is 100 Å². The fourth-order valence-electron chi connectivity index (χ4n) is 1.87. The quantitative estimate of drug-likeness (QED) is 0.745. The third-order valence-corrected chi connectivity index (χ3v) is 2.90. The van der Waals surface area contributed by atoms with Gasteiger partial charge in [0.2, 0.25) is 0 Å². The smallest absolute Gasteiger partial charge is 0.273 e. The highest BCUT2D eigenvalue weighted by atomic mass is 16.7. The van der Waals surface area contributed by atoms with Crippen LogP contribution in [0, 0.1) is 0 Å². The second kappa shape index (κ2) is 4.59. The summed E-state index contributed by atoms with van der Waals surface area (Å²) < 4.78 is 5.16. The topological polar surface area (TPSA) is 38.8 Å². The zero-order valence-corrected chi connectivity index (χ0v) is 10.2. The highest BCUT2D eigenvalue weighted by Crippen LogP contribution is 2.29. The van der Waals surface area contributed by atoms with E-state index in [1.165, 1.54) is 12.2 Å². The van der Waals surface area contributed by atoms with Gasteiger partial charge < -0.3 is 4.74 Å². The van der Waals surface area contributed by atoms with Crippen molar-refractivity contribution in [1.29, 1.82) is 0 Å². The summed E-state index contributed by atoms with van der Waals surface area (Å²) in [6.45, 7) is 0. The van der Waals surface area contributed by atoms with Crippen molar-refractivity contribution in [2.75, 3.05) is 21.3 Å². The standard InChI is InChI=1S/C13H15NO3/c1-14(17-3)13(15)11-6-9-4-5-12(16-2)8-10(9)7-11/h4-6,8H,7H2,1-3H3. The van der Waals surface area contributed by atoms with E-state index in [1.807, 2.05) is 24.3 Å². The van der Waals surface area contributed by atoms with E-state index in [4.69, 9.17) is 9.57 Å². The van der Waals surface area contributed by atoms with Gasteiger partial charge in [-0.05, 0) is 29.3 Å². The van der Waals surface area contributed by atoms with Gasteiger partial charge in [0.15, 0.2) is 0 Å². The zero-order valence-electron chi connectivity index (χ0n) is 10.2. The maximum atomic E-state index is 11.9. The second-order valence-electron chi connectivity index (χ2n) is 3.90. The van der Waals surface area contributed by atoms with Crippen LogP contribution in [-0.2, 0) is 16.1 Å². The van der Waals surface area contributed by atoms with Crippen LogP contribution in [-0.4, -0.2) is 32.2 Å². The first-order valence-electron chi connectivity index (χ1n) is 5.35. The highest BCUT2D eigenvalue weighted by molar-refractivity contribution is 5.99. The number of fused-ring (bicyclic) bond motifs is 1. The van der Waals surface area contributed by atoms with Gasteiger partial charge in [0.05, 0.1) is 14.2 Å². The first-order valence-corrected chi connectivity index (χ1v) is 5.35. The van der Waals surface area contributed by atoms with Crippen molar-refractivity contribution in [3.63, 3.8) is 0 Å². The van der Waals surface area contributed by atoms with Crippen LogP contribution in [0.1, 0.15) is 11.1 Å². The van der Waals surface area contributed by atoms with E-state index in [-0.39, 0.29) is 5.91 Å². The SMILES string of the molecule is COc1ccc2c(c1)CC(C(=O)N(C)OC)=C2. The molecule has 1 aliphatic carbocycles. The van der Waals surface area contributed by atoms with Gasteiger partial charge in [-0.1, -0.05) is 6.07 Å². The van der Waals surface area contributed by atoms with E-state index in [1.54, 1.807) is 14.2 Å². The molecule has 0 bridgehead atoms. The summed E-state index contributed by atoms with van der Waals surface area (Å²) in [4.78, 5) is 16.8. The van der Waals surface area contributed by atoms with Gasteiger partial charge >= 0.3 is 0 Å². The number of nitrogens with zero attached hydrogens (tertiary/aromatic N) is 1. The first kappa shape index (κ1) is 11.7. The van der Waals surface area contributed by atoms with Crippen LogP contribution in [0.2, 0.25) is 0 Å². The molecule has 0 radical (unpaired) electrons. The lowest BCUT2D eigenvalue weighted by Crippen LogP contribution is -2.26. The number of methoxy groups -OCH3 is 1. The molecular weight excluding hydrogens is 218 g/mol. The first-order chi connectivity index (χ1) is 8.15. The number of hydrogen-bond donors (Lipinski definition) is 0. The number of ether oxygens (including phenoxy) is 1. The molecule has 2 rings (SSSR count). The minimum Gasteiger partial charge on any atom is -0.497 e. The normalized spacial score (nSPS) is 13.0. The van der Waals surface area contributed by atoms with Crippen LogP contribution in [0.25, 0.3) is 6.08 Å². The fraction of sp³-hybridized carbons (Fsp3) is 0.308. The summed E-state index contributed by atoms with van der Waals surface area (Å²) in [5, 5.41) is 1.23. The molecule has 0 fully saturated rings. The number of rotatable bonds is 3. The van der Waals surface area contributed by atoms with Crippen molar-refractivity contribution in [2.45, 2.75) is 6.42 Å². The van der Waals surface area contributed by atoms with E-state index in [2.05, 4.69) is 0 Å². The predicted octanol–water partition coefficient (Wildman–Crippen LogP) is 1.65. The van der Waals surface area contributed by atoms with E-state index >= 15 is 0 Å². The molecule has 0 unspecified atom stereocenters. The molecule has 0 N–H and O–H groups in total. The molecule has 1 aromatic rings. The van der Waals surface area contributed by atoms with E-state index in [0.29, 0.717) is 6.42 Å². The van der Waals surface area contributed by atoms with Gasteiger partial charge in [0.1, 0.15) is 5.75 Å². The second-order valence-corrected chi connectivity index (χ2v) is 3.90. The average Bonchev–Trinajstić information content (AvgIpc) is 2.79. The average molecular weight is 233 g/mol. The molecule has 4 nitrogen and oxygen atoms in total.